The van der Waals surface area contributed by atoms with E-state index in [1.807, 2.05) is 13.0 Å². The van der Waals surface area contributed by atoms with Crippen LogP contribution >= 0.6 is 11.3 Å². The Morgan fingerprint density at radius 3 is 2.70 bits per heavy atom. The van der Waals surface area contributed by atoms with E-state index >= 15 is 0 Å². The van der Waals surface area contributed by atoms with Crippen LogP contribution in [0.5, 0.6) is 11.5 Å². The van der Waals surface area contributed by atoms with Crippen molar-refractivity contribution in [1.29, 1.82) is 0 Å². The molecule has 2 unspecified atom stereocenters. The second-order valence-corrected chi connectivity index (χ2v) is 11.7. The molecular weight excluding hydrogens is 528 g/mol. The highest BCUT2D eigenvalue weighted by Crippen LogP contribution is 2.45. The number of aromatic nitrogens is 1. The van der Waals surface area contributed by atoms with Crippen molar-refractivity contribution in [2.45, 2.75) is 59.6 Å². The van der Waals surface area contributed by atoms with E-state index in [1.54, 1.807) is 43.3 Å². The highest BCUT2D eigenvalue weighted by atomic mass is 32.1. The number of aliphatic hydroxyl groups excluding tert-OH is 1. The number of nitrogens with zero attached hydrogens (tertiary/aromatic N) is 2. The molecule has 0 aliphatic carbocycles. The summed E-state index contributed by atoms with van der Waals surface area (Å²) in [6.45, 7) is 9.84. The van der Waals surface area contributed by atoms with E-state index in [-0.39, 0.29) is 28.4 Å². The fraction of sp³-hybridized carbons (Fsp3) is 0.355. The number of amides is 1. The number of hydrogen-bond donors (Lipinski definition) is 1. The molecule has 1 aromatic heterocycles. The summed E-state index contributed by atoms with van der Waals surface area (Å²) in [4.78, 5) is 45.5. The quantitative estimate of drug-likeness (QED) is 0.155. The number of thiazole rings is 1. The molecule has 2 atom stereocenters. The lowest BCUT2D eigenvalue weighted by atomic mass is 9.94. The maximum atomic E-state index is 13.6. The number of carbonyl (C=O) groups excluding carboxylic acids is 3. The number of ketones is 2. The first-order valence-corrected chi connectivity index (χ1v) is 14.2. The Morgan fingerprint density at radius 2 is 2.00 bits per heavy atom. The van der Waals surface area contributed by atoms with Gasteiger partial charge in [-0.3, -0.25) is 19.3 Å². The van der Waals surface area contributed by atoms with Crippen LogP contribution in [0.1, 0.15) is 72.2 Å². The summed E-state index contributed by atoms with van der Waals surface area (Å²) in [5, 5.41) is 11.8. The molecule has 208 valence electrons. The number of fused-ring (bicyclic) bond motifs is 1. The first-order chi connectivity index (χ1) is 19.0. The van der Waals surface area contributed by atoms with Crippen molar-refractivity contribution >= 4 is 39.7 Å². The highest BCUT2D eigenvalue weighted by Gasteiger charge is 2.48. The Bertz CT molecular complexity index is 1540. The molecule has 2 aliphatic rings. The molecule has 1 fully saturated rings. The fourth-order valence-corrected chi connectivity index (χ4v) is 6.06. The topological polar surface area (TPSA) is 106 Å². The van der Waals surface area contributed by atoms with Gasteiger partial charge in [0.2, 0.25) is 0 Å². The minimum atomic E-state index is -0.970. The molecule has 0 radical (unpaired) electrons. The van der Waals surface area contributed by atoms with E-state index < -0.39 is 17.7 Å². The lowest BCUT2D eigenvalue weighted by molar-refractivity contribution is -0.132. The molecule has 1 amide bonds. The Hall–Kier alpha value is -3.98. The van der Waals surface area contributed by atoms with Gasteiger partial charge >= 0.3 is 5.91 Å². The minimum Gasteiger partial charge on any atom is -0.507 e. The molecule has 0 bridgehead atoms. The molecular formula is C31H32N2O6S. The second-order valence-electron chi connectivity index (χ2n) is 10.7. The maximum absolute atomic E-state index is 13.6. The van der Waals surface area contributed by atoms with Crippen molar-refractivity contribution in [2.24, 2.45) is 5.92 Å². The van der Waals surface area contributed by atoms with Crippen LogP contribution in [0.15, 0.2) is 48.0 Å². The van der Waals surface area contributed by atoms with Crippen molar-refractivity contribution in [3.05, 3.63) is 75.3 Å². The van der Waals surface area contributed by atoms with E-state index in [4.69, 9.17) is 9.47 Å². The molecule has 9 heteroatoms. The molecule has 5 rings (SSSR count). The van der Waals surface area contributed by atoms with Crippen LogP contribution < -0.4 is 14.4 Å². The molecule has 1 saturated heterocycles. The standard InChI is InChI=1S/C31H32N2O6S/c1-16(2)11-12-38-23-8-6-7-20(15-23)26-25(27(35)21-9-10-24-22(14-21)13-17(3)39-24)28(36)30(37)33(26)31-32-18(4)29(40-31)19(5)34/h6-10,14-17,26,35H,11-13H2,1-5H3. The van der Waals surface area contributed by atoms with Gasteiger partial charge in [0, 0.05) is 18.9 Å². The minimum absolute atomic E-state index is 0.0139. The molecule has 2 aromatic carbocycles. The van der Waals surface area contributed by atoms with E-state index in [0.717, 1.165) is 29.1 Å². The normalized spacial score (nSPS) is 19.7. The van der Waals surface area contributed by atoms with Crippen LogP contribution in [0, 0.1) is 12.8 Å². The number of rotatable bonds is 8. The van der Waals surface area contributed by atoms with E-state index in [0.29, 0.717) is 46.4 Å². The Balaban J connectivity index is 1.64. The number of aryl methyl sites for hydroxylation is 1. The van der Waals surface area contributed by atoms with Gasteiger partial charge in [0.05, 0.1) is 28.8 Å². The van der Waals surface area contributed by atoms with Gasteiger partial charge in [-0.2, -0.15) is 0 Å². The number of aliphatic hydroxyl groups is 1. The Morgan fingerprint density at radius 1 is 1.23 bits per heavy atom. The van der Waals surface area contributed by atoms with Crippen molar-refractivity contribution in [2.75, 3.05) is 11.5 Å². The first-order valence-electron chi connectivity index (χ1n) is 13.4. The Labute approximate surface area is 237 Å². The third kappa shape index (κ3) is 5.13. The summed E-state index contributed by atoms with van der Waals surface area (Å²) in [6, 6.07) is 11.5. The fourth-order valence-electron chi connectivity index (χ4n) is 5.07. The van der Waals surface area contributed by atoms with Crippen LogP contribution in [-0.2, 0) is 16.0 Å². The van der Waals surface area contributed by atoms with Crippen LogP contribution in [0.3, 0.4) is 0 Å². The summed E-state index contributed by atoms with van der Waals surface area (Å²) < 4.78 is 11.8. The predicted octanol–water partition coefficient (Wildman–Crippen LogP) is 6.03. The largest absolute Gasteiger partial charge is 0.507 e. The average Bonchev–Trinajstić information content (AvgIpc) is 3.55. The lowest BCUT2D eigenvalue weighted by Crippen LogP contribution is -2.29. The monoisotopic (exact) mass is 560 g/mol. The number of ether oxygens (including phenoxy) is 2. The van der Waals surface area contributed by atoms with Gasteiger partial charge in [-0.05, 0) is 67.6 Å². The molecule has 40 heavy (non-hydrogen) atoms. The summed E-state index contributed by atoms with van der Waals surface area (Å²) in [5.41, 5.74) is 2.35. The third-order valence-corrected chi connectivity index (χ3v) is 8.32. The van der Waals surface area contributed by atoms with Gasteiger partial charge in [0.1, 0.15) is 23.4 Å². The van der Waals surface area contributed by atoms with E-state index in [9.17, 15) is 19.5 Å². The van der Waals surface area contributed by atoms with Crippen molar-refractivity contribution in [1.82, 2.24) is 4.98 Å². The smallest absolute Gasteiger partial charge is 0.301 e. The molecule has 3 aromatic rings. The molecule has 2 aliphatic heterocycles. The zero-order chi connectivity index (χ0) is 28.7. The second kappa shape index (κ2) is 10.9. The van der Waals surface area contributed by atoms with Crippen LogP contribution in [0.2, 0.25) is 0 Å². The summed E-state index contributed by atoms with van der Waals surface area (Å²) in [5.74, 6) is -0.298. The highest BCUT2D eigenvalue weighted by molar-refractivity contribution is 7.18. The number of benzene rings is 2. The SMILES string of the molecule is CC(=O)c1sc(N2C(=O)C(=O)C(=C(O)c3ccc4c(c3)CC(C)O4)C2c2cccc(OCCC(C)C)c2)nc1C. The third-order valence-electron chi connectivity index (χ3n) is 7.06. The van der Waals surface area contributed by atoms with Crippen LogP contribution in [0.4, 0.5) is 5.13 Å². The maximum Gasteiger partial charge on any atom is 0.301 e. The van der Waals surface area contributed by atoms with Crippen molar-refractivity contribution < 1.29 is 29.0 Å². The number of anilines is 1. The van der Waals surface area contributed by atoms with Gasteiger partial charge < -0.3 is 14.6 Å². The number of carbonyl (C=O) groups is 3. The molecule has 0 spiro atoms. The summed E-state index contributed by atoms with van der Waals surface area (Å²) in [6.07, 6.45) is 1.56. The molecule has 1 N–H and O–H groups in total. The van der Waals surface area contributed by atoms with Gasteiger partial charge in [0.15, 0.2) is 10.9 Å². The number of Topliss-reactive ketones (excluding diaryl/α,β-unsaturated/α-hetero) is 2. The zero-order valence-corrected chi connectivity index (χ0v) is 24.0. The molecule has 8 nitrogen and oxygen atoms in total. The summed E-state index contributed by atoms with van der Waals surface area (Å²) >= 11 is 1.06. The van der Waals surface area contributed by atoms with Crippen LogP contribution in [0.25, 0.3) is 5.76 Å². The predicted molar refractivity (Wildman–Crippen MR) is 153 cm³/mol. The van der Waals surface area contributed by atoms with Gasteiger partial charge in [-0.1, -0.05) is 37.3 Å². The zero-order valence-electron chi connectivity index (χ0n) is 23.2. The van der Waals surface area contributed by atoms with Crippen LogP contribution in [-0.4, -0.2) is 40.3 Å². The van der Waals surface area contributed by atoms with Crippen molar-refractivity contribution in [3.63, 3.8) is 0 Å². The number of hydrogen-bond acceptors (Lipinski definition) is 8. The summed E-state index contributed by atoms with van der Waals surface area (Å²) in [7, 11) is 0. The first kappa shape index (κ1) is 27.6. The van der Waals surface area contributed by atoms with Gasteiger partial charge in [-0.15, -0.1) is 0 Å². The van der Waals surface area contributed by atoms with E-state index in [2.05, 4.69) is 18.8 Å². The van der Waals surface area contributed by atoms with Gasteiger partial charge in [-0.25, -0.2) is 4.98 Å². The lowest BCUT2D eigenvalue weighted by Gasteiger charge is -2.23. The Kier molecular flexibility index (Phi) is 7.51. The van der Waals surface area contributed by atoms with Crippen molar-refractivity contribution in [3.8, 4) is 11.5 Å². The molecule has 3 heterocycles. The van der Waals surface area contributed by atoms with E-state index in [1.165, 1.54) is 11.8 Å². The molecule has 0 saturated carbocycles. The average molecular weight is 561 g/mol. The van der Waals surface area contributed by atoms with Gasteiger partial charge in [0.25, 0.3) is 5.78 Å².